The molecule has 2 aromatic carbocycles. The molecule has 3 heterocycles. The summed E-state index contributed by atoms with van der Waals surface area (Å²) in [5.41, 5.74) is 1.23. The van der Waals surface area contributed by atoms with Gasteiger partial charge >= 0.3 is 0 Å². The number of fused-ring (bicyclic) bond motifs is 8. The molecule has 0 saturated carbocycles. The van der Waals surface area contributed by atoms with E-state index in [1.807, 2.05) is 26.0 Å². The van der Waals surface area contributed by atoms with Gasteiger partial charge in [-0.15, -0.1) is 0 Å². The van der Waals surface area contributed by atoms with Crippen LogP contribution in [-0.4, -0.2) is 59.7 Å². The highest BCUT2D eigenvalue weighted by atomic mass is 16.5. The van der Waals surface area contributed by atoms with Crippen molar-refractivity contribution in [3.8, 4) is 11.5 Å². The molecule has 1 fully saturated rings. The highest BCUT2D eigenvalue weighted by Crippen LogP contribution is 2.24. The number of nitrogens with zero attached hydrogens (tertiary/aromatic N) is 1. The van der Waals surface area contributed by atoms with Gasteiger partial charge in [0.25, 0.3) is 5.91 Å². The molecule has 0 aliphatic carbocycles. The third-order valence-corrected chi connectivity index (χ3v) is 6.55. The Morgan fingerprint density at radius 3 is 2.54 bits per heavy atom. The number of amides is 4. The summed E-state index contributed by atoms with van der Waals surface area (Å²) >= 11 is 0. The Hall–Kier alpha value is -3.88. The number of benzene rings is 2. The van der Waals surface area contributed by atoms with Crippen LogP contribution in [-0.2, 0) is 20.8 Å². The summed E-state index contributed by atoms with van der Waals surface area (Å²) in [5, 5.41) is 8.64. The molecule has 0 unspecified atom stereocenters. The molecule has 196 valence electrons. The largest absolute Gasteiger partial charge is 0.457 e. The van der Waals surface area contributed by atoms with Crippen LogP contribution in [0.2, 0.25) is 0 Å². The number of rotatable bonds is 4. The first kappa shape index (κ1) is 26.2. The number of carbonyl (C=O) groups is 4. The number of likely N-dealkylation sites (tertiary alicyclic amines) is 1. The van der Waals surface area contributed by atoms with Crippen LogP contribution in [0.1, 0.15) is 49.5 Å². The van der Waals surface area contributed by atoms with Crippen LogP contribution in [0, 0.1) is 5.92 Å². The van der Waals surface area contributed by atoms with Gasteiger partial charge in [0.2, 0.25) is 17.7 Å². The van der Waals surface area contributed by atoms with Gasteiger partial charge < -0.3 is 25.6 Å². The Bertz CT molecular complexity index is 1160. The maximum atomic E-state index is 13.6. The van der Waals surface area contributed by atoms with Crippen LogP contribution in [0.3, 0.4) is 0 Å². The van der Waals surface area contributed by atoms with Crippen molar-refractivity contribution in [1.82, 2.24) is 20.9 Å². The Morgan fingerprint density at radius 1 is 1.08 bits per heavy atom. The maximum absolute atomic E-state index is 13.6. The van der Waals surface area contributed by atoms with Gasteiger partial charge in [0.1, 0.15) is 23.6 Å². The molecular weight excluding hydrogens is 472 g/mol. The molecule has 9 heteroatoms. The van der Waals surface area contributed by atoms with Crippen LogP contribution in [0.25, 0.3) is 0 Å². The second-order valence-corrected chi connectivity index (χ2v) is 10.2. The molecule has 0 spiro atoms. The van der Waals surface area contributed by atoms with Crippen molar-refractivity contribution in [3.63, 3.8) is 0 Å². The number of hydrogen-bond acceptors (Lipinski definition) is 5. The summed E-state index contributed by atoms with van der Waals surface area (Å²) < 4.78 is 5.94. The Morgan fingerprint density at radius 2 is 1.84 bits per heavy atom. The normalized spacial score (nSPS) is 21.9. The van der Waals surface area contributed by atoms with E-state index in [9.17, 15) is 19.2 Å². The van der Waals surface area contributed by atoms with Crippen molar-refractivity contribution in [2.24, 2.45) is 5.92 Å². The minimum atomic E-state index is -0.826. The topological polar surface area (TPSA) is 117 Å². The Balaban J connectivity index is 1.63. The highest BCUT2D eigenvalue weighted by Gasteiger charge is 2.34. The van der Waals surface area contributed by atoms with E-state index < -0.39 is 23.9 Å². The van der Waals surface area contributed by atoms with Crippen LogP contribution < -0.4 is 20.7 Å². The number of ether oxygens (including phenoxy) is 1. The molecule has 0 radical (unpaired) electrons. The SMILES string of the molecule is CC(=O)N[C@H]1CCN(C(=O)[C@H]2Cc3ccc(cc3)Oc3cccc(c3)C(=O)N[C@@H](CC(C)C)C(=O)N2)C1. The molecule has 2 aromatic rings. The molecule has 3 aliphatic heterocycles. The van der Waals surface area contributed by atoms with Gasteiger partial charge in [0, 0.05) is 38.0 Å². The molecule has 4 amide bonds. The molecule has 0 aromatic heterocycles. The fourth-order valence-electron chi connectivity index (χ4n) is 4.77. The highest BCUT2D eigenvalue weighted by molar-refractivity contribution is 5.98. The molecular formula is C28H34N4O5. The molecule has 5 rings (SSSR count). The molecule has 3 aliphatic rings. The second-order valence-electron chi connectivity index (χ2n) is 10.2. The van der Waals surface area contributed by atoms with Crippen molar-refractivity contribution >= 4 is 23.6 Å². The van der Waals surface area contributed by atoms with Crippen molar-refractivity contribution in [3.05, 3.63) is 59.7 Å². The Labute approximate surface area is 216 Å². The lowest BCUT2D eigenvalue weighted by Gasteiger charge is -2.27. The third-order valence-electron chi connectivity index (χ3n) is 6.55. The van der Waals surface area contributed by atoms with E-state index in [4.69, 9.17) is 4.74 Å². The Kier molecular flexibility index (Phi) is 8.11. The molecule has 4 bridgehead atoms. The van der Waals surface area contributed by atoms with E-state index >= 15 is 0 Å². The minimum absolute atomic E-state index is 0.112. The zero-order valence-corrected chi connectivity index (χ0v) is 21.5. The van der Waals surface area contributed by atoms with Gasteiger partial charge in [0.05, 0.1) is 0 Å². The van der Waals surface area contributed by atoms with Crippen LogP contribution in [0.15, 0.2) is 48.5 Å². The van der Waals surface area contributed by atoms with Gasteiger partial charge in [-0.3, -0.25) is 19.2 Å². The van der Waals surface area contributed by atoms with Gasteiger partial charge in [0.15, 0.2) is 0 Å². The van der Waals surface area contributed by atoms with Gasteiger partial charge in [-0.1, -0.05) is 32.0 Å². The smallest absolute Gasteiger partial charge is 0.252 e. The quantitative estimate of drug-likeness (QED) is 0.589. The molecule has 37 heavy (non-hydrogen) atoms. The molecule has 9 nitrogen and oxygen atoms in total. The van der Waals surface area contributed by atoms with E-state index in [-0.39, 0.29) is 30.2 Å². The monoisotopic (exact) mass is 506 g/mol. The molecule has 3 atom stereocenters. The summed E-state index contributed by atoms with van der Waals surface area (Å²) in [6, 6.07) is 12.4. The average molecular weight is 507 g/mol. The zero-order valence-electron chi connectivity index (χ0n) is 21.5. The first-order valence-electron chi connectivity index (χ1n) is 12.7. The third kappa shape index (κ3) is 6.87. The van der Waals surface area contributed by atoms with E-state index in [0.29, 0.717) is 43.0 Å². The summed E-state index contributed by atoms with van der Waals surface area (Å²) in [6.45, 7) is 6.28. The van der Waals surface area contributed by atoms with Crippen molar-refractivity contribution in [1.29, 1.82) is 0 Å². The first-order chi connectivity index (χ1) is 17.7. The number of carbonyl (C=O) groups excluding carboxylic acids is 4. The van der Waals surface area contributed by atoms with Crippen LogP contribution in [0.5, 0.6) is 11.5 Å². The predicted octanol–water partition coefficient (Wildman–Crippen LogP) is 2.40. The lowest BCUT2D eigenvalue weighted by atomic mass is 10.0. The first-order valence-corrected chi connectivity index (χ1v) is 12.7. The van der Waals surface area contributed by atoms with Crippen molar-refractivity contribution < 1.29 is 23.9 Å². The van der Waals surface area contributed by atoms with Crippen LogP contribution in [0.4, 0.5) is 0 Å². The van der Waals surface area contributed by atoms with Gasteiger partial charge in [-0.2, -0.15) is 0 Å². The van der Waals surface area contributed by atoms with Gasteiger partial charge in [-0.05, 0) is 54.7 Å². The molecule has 3 N–H and O–H groups in total. The number of nitrogens with one attached hydrogen (secondary N) is 3. The predicted molar refractivity (Wildman–Crippen MR) is 138 cm³/mol. The lowest BCUT2D eigenvalue weighted by molar-refractivity contribution is -0.136. The average Bonchev–Trinajstić information content (AvgIpc) is 3.31. The van der Waals surface area contributed by atoms with Gasteiger partial charge in [-0.25, -0.2) is 0 Å². The summed E-state index contributed by atoms with van der Waals surface area (Å²) in [7, 11) is 0. The summed E-state index contributed by atoms with van der Waals surface area (Å²) in [4.78, 5) is 53.3. The van der Waals surface area contributed by atoms with Crippen molar-refractivity contribution in [2.45, 2.75) is 58.2 Å². The standard InChI is InChI=1S/C28H34N4O5/c1-17(2)13-24-27(35)31-25(28(36)32-12-11-21(16-32)29-18(3)33)14-19-7-9-22(10-8-19)37-23-6-4-5-20(15-23)26(34)30-24/h4-10,15,17,21,24-25H,11-14,16H2,1-3H3,(H,29,33)(H,30,34)(H,31,35)/t21-,24-,25+/m0/s1. The fourth-order valence-corrected chi connectivity index (χ4v) is 4.77. The van der Waals surface area contributed by atoms with E-state index in [2.05, 4.69) is 16.0 Å². The van der Waals surface area contributed by atoms with Crippen molar-refractivity contribution in [2.75, 3.05) is 13.1 Å². The fraction of sp³-hybridized carbons (Fsp3) is 0.429. The maximum Gasteiger partial charge on any atom is 0.252 e. The summed E-state index contributed by atoms with van der Waals surface area (Å²) in [5.74, 6) is 0.0855. The van der Waals surface area contributed by atoms with E-state index in [1.165, 1.54) is 6.92 Å². The van der Waals surface area contributed by atoms with E-state index in [0.717, 1.165) is 5.56 Å². The number of hydrogen-bond donors (Lipinski definition) is 3. The second kappa shape index (κ2) is 11.5. The lowest BCUT2D eigenvalue weighted by Crippen LogP contribution is -2.55. The minimum Gasteiger partial charge on any atom is -0.457 e. The molecule has 1 saturated heterocycles. The van der Waals surface area contributed by atoms with Crippen LogP contribution >= 0.6 is 0 Å². The zero-order chi connectivity index (χ0) is 26.5. The summed E-state index contributed by atoms with van der Waals surface area (Å²) in [6.07, 6.45) is 1.35. The van der Waals surface area contributed by atoms with E-state index in [1.54, 1.807) is 41.3 Å².